The molecular weight excluding hydrogens is 448 g/mol. The number of rotatable bonds is 8. The van der Waals surface area contributed by atoms with Gasteiger partial charge in [-0.25, -0.2) is 9.61 Å². The molecule has 4 aromatic rings. The van der Waals surface area contributed by atoms with Gasteiger partial charge < -0.3 is 20.4 Å². The number of aryl methyl sites for hydroxylation is 1. The van der Waals surface area contributed by atoms with E-state index in [-0.39, 0.29) is 11.7 Å². The molecule has 1 fully saturated rings. The molecule has 1 aliphatic heterocycles. The van der Waals surface area contributed by atoms with E-state index >= 15 is 0 Å². The molecule has 182 valence electrons. The molecular formula is C24H28N8O3. The van der Waals surface area contributed by atoms with Gasteiger partial charge in [-0.1, -0.05) is 30.3 Å². The minimum atomic E-state index is -0.198. The van der Waals surface area contributed by atoms with E-state index in [1.807, 2.05) is 41.8 Å². The van der Waals surface area contributed by atoms with Gasteiger partial charge in [0, 0.05) is 37.9 Å². The summed E-state index contributed by atoms with van der Waals surface area (Å²) in [5, 5.41) is 10.7. The van der Waals surface area contributed by atoms with Crippen LogP contribution in [0.4, 0.5) is 5.82 Å². The van der Waals surface area contributed by atoms with E-state index in [1.165, 1.54) is 0 Å². The SMILES string of the molecule is CCn1c(-c2nonc2N)nc2c(-c3ccccc3)ncc(C(=O)NCCCN3CCOCC3)c21. The van der Waals surface area contributed by atoms with Crippen molar-refractivity contribution in [2.75, 3.05) is 45.1 Å². The number of imidazole rings is 1. The zero-order valence-electron chi connectivity index (χ0n) is 19.6. The van der Waals surface area contributed by atoms with Crippen LogP contribution in [0.5, 0.6) is 0 Å². The van der Waals surface area contributed by atoms with Crippen LogP contribution >= 0.6 is 0 Å². The number of aromatic nitrogens is 5. The van der Waals surface area contributed by atoms with Crippen LogP contribution in [0.2, 0.25) is 0 Å². The maximum Gasteiger partial charge on any atom is 0.255 e. The number of carbonyl (C=O) groups excluding carboxylic acids is 1. The fraction of sp³-hybridized carbons (Fsp3) is 0.375. The molecule has 11 heteroatoms. The van der Waals surface area contributed by atoms with E-state index < -0.39 is 0 Å². The van der Waals surface area contributed by atoms with Gasteiger partial charge in [-0.05, 0) is 30.2 Å². The summed E-state index contributed by atoms with van der Waals surface area (Å²) in [6, 6.07) is 9.75. The molecule has 11 nitrogen and oxygen atoms in total. The fourth-order valence-corrected chi connectivity index (χ4v) is 4.38. The van der Waals surface area contributed by atoms with Crippen molar-refractivity contribution in [3.63, 3.8) is 0 Å². The van der Waals surface area contributed by atoms with Gasteiger partial charge in [-0.2, -0.15) is 0 Å². The molecule has 0 saturated carbocycles. The van der Waals surface area contributed by atoms with Crippen LogP contribution in [0, 0.1) is 0 Å². The summed E-state index contributed by atoms with van der Waals surface area (Å²) in [7, 11) is 0. The Balaban J connectivity index is 1.49. The summed E-state index contributed by atoms with van der Waals surface area (Å²) in [6.45, 7) is 7.37. The van der Waals surface area contributed by atoms with Crippen molar-refractivity contribution in [1.82, 2.24) is 35.1 Å². The Kier molecular flexibility index (Phi) is 6.68. The van der Waals surface area contributed by atoms with Crippen molar-refractivity contribution in [2.24, 2.45) is 0 Å². The van der Waals surface area contributed by atoms with Gasteiger partial charge in [-0.3, -0.25) is 14.7 Å². The van der Waals surface area contributed by atoms with Gasteiger partial charge in [-0.15, -0.1) is 0 Å². The maximum absolute atomic E-state index is 13.3. The number of amides is 1. The molecule has 1 amide bonds. The van der Waals surface area contributed by atoms with Crippen molar-refractivity contribution in [1.29, 1.82) is 0 Å². The second kappa shape index (κ2) is 10.2. The third-order valence-electron chi connectivity index (χ3n) is 6.14. The number of nitrogens with zero attached hydrogens (tertiary/aromatic N) is 6. The topological polar surface area (TPSA) is 137 Å². The monoisotopic (exact) mass is 476 g/mol. The Labute approximate surface area is 202 Å². The number of benzene rings is 1. The summed E-state index contributed by atoms with van der Waals surface area (Å²) in [5.41, 5.74) is 9.59. The number of anilines is 1. The lowest BCUT2D eigenvalue weighted by molar-refractivity contribution is 0.0374. The van der Waals surface area contributed by atoms with E-state index in [1.54, 1.807) is 6.20 Å². The van der Waals surface area contributed by atoms with Crippen LogP contribution < -0.4 is 11.1 Å². The second-order valence-electron chi connectivity index (χ2n) is 8.32. The average Bonchev–Trinajstić information content (AvgIpc) is 3.50. The first kappa shape index (κ1) is 22.9. The van der Waals surface area contributed by atoms with Crippen molar-refractivity contribution in [3.8, 4) is 22.8 Å². The van der Waals surface area contributed by atoms with Crippen LogP contribution in [0.25, 0.3) is 33.8 Å². The number of hydrogen-bond acceptors (Lipinski definition) is 9. The Morgan fingerprint density at radius 1 is 1.14 bits per heavy atom. The summed E-state index contributed by atoms with van der Waals surface area (Å²) in [6.07, 6.45) is 2.47. The van der Waals surface area contributed by atoms with Gasteiger partial charge in [0.15, 0.2) is 17.3 Å². The molecule has 4 heterocycles. The van der Waals surface area contributed by atoms with E-state index in [4.69, 9.17) is 20.1 Å². The number of nitrogens with one attached hydrogen (secondary N) is 1. The highest BCUT2D eigenvalue weighted by Crippen LogP contribution is 2.33. The Morgan fingerprint density at radius 3 is 2.66 bits per heavy atom. The van der Waals surface area contributed by atoms with Crippen molar-refractivity contribution in [3.05, 3.63) is 42.1 Å². The van der Waals surface area contributed by atoms with Crippen LogP contribution in [0.15, 0.2) is 41.2 Å². The summed E-state index contributed by atoms with van der Waals surface area (Å²) < 4.78 is 12.1. The van der Waals surface area contributed by atoms with Crippen LogP contribution in [-0.4, -0.2) is 75.0 Å². The minimum Gasteiger partial charge on any atom is -0.379 e. The van der Waals surface area contributed by atoms with E-state index in [0.717, 1.165) is 44.8 Å². The van der Waals surface area contributed by atoms with E-state index in [9.17, 15) is 4.79 Å². The molecule has 1 aliphatic rings. The van der Waals surface area contributed by atoms with Crippen molar-refractivity contribution in [2.45, 2.75) is 19.9 Å². The normalized spacial score (nSPS) is 14.4. The zero-order chi connectivity index (χ0) is 24.2. The first-order chi connectivity index (χ1) is 17.2. The highest BCUT2D eigenvalue weighted by atomic mass is 16.6. The van der Waals surface area contributed by atoms with Gasteiger partial charge in [0.2, 0.25) is 0 Å². The van der Waals surface area contributed by atoms with Crippen LogP contribution in [0.3, 0.4) is 0 Å². The quantitative estimate of drug-likeness (QED) is 0.367. The first-order valence-electron chi connectivity index (χ1n) is 11.8. The van der Waals surface area contributed by atoms with Gasteiger partial charge in [0.1, 0.15) is 5.52 Å². The number of ether oxygens (including phenoxy) is 1. The second-order valence-corrected chi connectivity index (χ2v) is 8.32. The Bertz CT molecular complexity index is 1310. The van der Waals surface area contributed by atoms with Gasteiger partial charge in [0.25, 0.3) is 5.91 Å². The molecule has 0 atom stereocenters. The Hall–Kier alpha value is -3.83. The molecule has 0 unspecified atom stereocenters. The largest absolute Gasteiger partial charge is 0.379 e. The predicted octanol–water partition coefficient (Wildman–Crippen LogP) is 2.20. The van der Waals surface area contributed by atoms with Crippen molar-refractivity contribution >= 4 is 22.8 Å². The number of nitrogens with two attached hydrogens (primary N) is 1. The van der Waals surface area contributed by atoms with Crippen molar-refractivity contribution < 1.29 is 14.2 Å². The number of morpholine rings is 1. The lowest BCUT2D eigenvalue weighted by Crippen LogP contribution is -2.38. The molecule has 0 spiro atoms. The lowest BCUT2D eigenvalue weighted by Gasteiger charge is -2.26. The smallest absolute Gasteiger partial charge is 0.255 e. The molecule has 1 aromatic carbocycles. The first-order valence-corrected chi connectivity index (χ1v) is 11.8. The van der Waals surface area contributed by atoms with Crippen LogP contribution in [0.1, 0.15) is 23.7 Å². The van der Waals surface area contributed by atoms with Crippen LogP contribution in [-0.2, 0) is 11.3 Å². The van der Waals surface area contributed by atoms with Gasteiger partial charge in [0.05, 0.1) is 30.0 Å². The third kappa shape index (κ3) is 4.60. The molecule has 3 N–H and O–H groups in total. The summed E-state index contributed by atoms with van der Waals surface area (Å²) in [5.74, 6) is 0.419. The molecule has 5 rings (SSSR count). The number of hydrogen-bond donors (Lipinski definition) is 2. The van der Waals surface area contributed by atoms with E-state index in [2.05, 4.69) is 25.5 Å². The Morgan fingerprint density at radius 2 is 1.94 bits per heavy atom. The highest BCUT2D eigenvalue weighted by molar-refractivity contribution is 6.08. The maximum atomic E-state index is 13.3. The number of nitrogen functional groups attached to an aromatic ring is 1. The molecule has 3 aromatic heterocycles. The molecule has 0 aliphatic carbocycles. The highest BCUT2D eigenvalue weighted by Gasteiger charge is 2.25. The summed E-state index contributed by atoms with van der Waals surface area (Å²) in [4.78, 5) is 25.1. The standard InChI is InChI=1S/C24H28N8O3/c1-2-32-21-17(24(33)26-9-6-10-31-11-13-34-14-12-31)15-27-18(16-7-4-3-5-8-16)19(21)28-23(32)20-22(25)30-35-29-20/h3-5,7-8,15H,2,6,9-14H2,1H3,(H2,25,30)(H,26,33). The number of carbonyl (C=O) groups is 1. The number of fused-ring (bicyclic) bond motifs is 1. The zero-order valence-corrected chi connectivity index (χ0v) is 19.6. The average molecular weight is 477 g/mol. The molecule has 0 radical (unpaired) electrons. The lowest BCUT2D eigenvalue weighted by atomic mass is 10.1. The fourth-order valence-electron chi connectivity index (χ4n) is 4.38. The molecule has 35 heavy (non-hydrogen) atoms. The third-order valence-corrected chi connectivity index (χ3v) is 6.14. The molecule has 0 bridgehead atoms. The van der Waals surface area contributed by atoms with E-state index in [0.29, 0.717) is 46.9 Å². The molecule has 1 saturated heterocycles. The summed E-state index contributed by atoms with van der Waals surface area (Å²) >= 11 is 0. The minimum absolute atomic E-state index is 0.137. The predicted molar refractivity (Wildman–Crippen MR) is 131 cm³/mol. The van der Waals surface area contributed by atoms with Gasteiger partial charge >= 0.3 is 0 Å². The number of pyridine rings is 1.